The van der Waals surface area contributed by atoms with Crippen LogP contribution in [0.3, 0.4) is 0 Å². The van der Waals surface area contributed by atoms with Crippen molar-refractivity contribution in [2.75, 3.05) is 0 Å². The predicted octanol–water partition coefficient (Wildman–Crippen LogP) is 10.8. The van der Waals surface area contributed by atoms with Crippen molar-refractivity contribution in [3.05, 3.63) is 0 Å². The van der Waals surface area contributed by atoms with Gasteiger partial charge in [-0.05, 0) is 19.5 Å². The molecule has 0 aromatic heterocycles. The average molecular weight is 867 g/mol. The van der Waals surface area contributed by atoms with Gasteiger partial charge in [-0.25, -0.2) is 43.9 Å². The molecule has 0 aromatic carbocycles. The van der Waals surface area contributed by atoms with Crippen molar-refractivity contribution in [2.45, 2.75) is 142 Å². The van der Waals surface area contributed by atoms with Crippen molar-refractivity contribution in [2.24, 2.45) is 0 Å². The van der Waals surface area contributed by atoms with Gasteiger partial charge in [-0.2, -0.15) is 70.2 Å². The van der Waals surface area contributed by atoms with Crippen LogP contribution in [-0.4, -0.2) is 118 Å². The van der Waals surface area contributed by atoms with Crippen molar-refractivity contribution < 1.29 is 119 Å². The largest absolute Gasteiger partial charge is 0.408 e. The molecular formula is C23H24F26OSi2. The first-order chi connectivity index (χ1) is 22.5. The van der Waals surface area contributed by atoms with E-state index in [2.05, 4.69) is 4.43 Å². The van der Waals surface area contributed by atoms with Crippen LogP contribution in [0.1, 0.15) is 6.42 Å². The van der Waals surface area contributed by atoms with Gasteiger partial charge in [0.25, 0.3) is 12.9 Å². The Labute approximate surface area is 276 Å². The lowest BCUT2D eigenvalue weighted by Crippen LogP contribution is -2.79. The van der Waals surface area contributed by atoms with Gasteiger partial charge in [0.05, 0.1) is 7.59 Å². The van der Waals surface area contributed by atoms with Crippen molar-refractivity contribution in [3.63, 3.8) is 0 Å². The zero-order valence-corrected chi connectivity index (χ0v) is 27.8. The van der Waals surface area contributed by atoms with Crippen LogP contribution in [0, 0.1) is 0 Å². The quantitative estimate of drug-likeness (QED) is 0.111. The molecular weight excluding hydrogens is 842 g/mol. The van der Waals surface area contributed by atoms with Crippen molar-refractivity contribution in [1.29, 1.82) is 0 Å². The number of hydrogen-bond donors (Lipinski definition) is 0. The monoisotopic (exact) mass is 866 g/mol. The highest BCUT2D eigenvalue weighted by Crippen LogP contribution is 2.63. The SMILES string of the molecule is C[Si]1(C)CCC(C(F)C(F)(F)C(F)(F)C(F)(F)C(F)(F)C(F)C(F)C(F)F)(C(F)C(F)(F)C(F)(F)C(F)(F)C(F)(F)C(F)C(F)C(F)F)O[Si]1(C)C. The molecule has 0 aliphatic carbocycles. The number of hydrogen-bond acceptors (Lipinski definition) is 1. The Morgan fingerprint density at radius 1 is 0.442 bits per heavy atom. The molecule has 0 N–H and O–H groups in total. The van der Waals surface area contributed by atoms with Gasteiger partial charge < -0.3 is 4.43 Å². The van der Waals surface area contributed by atoms with Gasteiger partial charge in [0.15, 0.2) is 20.2 Å². The minimum atomic E-state index is -8.44. The topological polar surface area (TPSA) is 9.23 Å². The molecule has 1 saturated heterocycles. The first kappa shape index (κ1) is 48.6. The lowest BCUT2D eigenvalue weighted by Gasteiger charge is -2.56. The van der Waals surface area contributed by atoms with Gasteiger partial charge in [0.2, 0.25) is 24.7 Å². The lowest BCUT2D eigenvalue weighted by atomic mass is 9.77. The van der Waals surface area contributed by atoms with E-state index in [4.69, 9.17) is 0 Å². The van der Waals surface area contributed by atoms with E-state index in [1.165, 1.54) is 0 Å². The molecule has 0 saturated carbocycles. The molecule has 1 rings (SSSR count). The van der Waals surface area contributed by atoms with E-state index in [9.17, 15) is 87.8 Å². The molecule has 0 bridgehead atoms. The summed E-state index contributed by atoms with van der Waals surface area (Å²) in [5.74, 6) is -65.2. The van der Waals surface area contributed by atoms with Gasteiger partial charge in [0, 0.05) is 0 Å². The van der Waals surface area contributed by atoms with Crippen molar-refractivity contribution in [3.8, 4) is 0 Å². The zero-order chi connectivity index (χ0) is 42.2. The standard InChI is InChI=1S/C23H24F26OSi2/c1-51(2)6-5-15(50-52(51,3)4,13(32)18(38,39)22(46,47)20(42,43)16(34,35)9(26)7(24)11(28)29)14(33)19(40,41)23(48,49)21(44,45)17(36,37)10(27)8(25)12(30)31/h7-14H,5-6H2,1-4H3. The Bertz CT molecular complexity index is 1160. The number of alkyl halides is 26. The van der Waals surface area contributed by atoms with Gasteiger partial charge in [-0.15, -0.1) is 0 Å². The first-order valence-corrected chi connectivity index (χ1v) is 20.8. The molecule has 0 spiro atoms. The van der Waals surface area contributed by atoms with Gasteiger partial charge in [0.1, 0.15) is 5.60 Å². The van der Waals surface area contributed by atoms with Crippen LogP contribution < -0.4 is 0 Å². The highest BCUT2D eigenvalue weighted by atomic mass is 29.3. The van der Waals surface area contributed by atoms with Crippen LogP contribution in [0.2, 0.25) is 32.2 Å². The van der Waals surface area contributed by atoms with Crippen LogP contribution in [0.15, 0.2) is 0 Å². The van der Waals surface area contributed by atoms with E-state index >= 15 is 26.3 Å². The second-order valence-corrected chi connectivity index (χ2v) is 28.0. The maximum atomic E-state index is 15.7. The molecule has 52 heavy (non-hydrogen) atoms. The summed E-state index contributed by atoms with van der Waals surface area (Å²) in [6.07, 6.45) is -47.3. The van der Waals surface area contributed by atoms with E-state index < -0.39 is 131 Å². The second-order valence-electron chi connectivity index (χ2n) is 12.8. The molecule has 0 amide bonds. The Morgan fingerprint density at radius 2 is 0.692 bits per heavy atom. The van der Waals surface area contributed by atoms with Crippen molar-refractivity contribution >= 4 is 15.4 Å². The molecule has 1 fully saturated rings. The van der Waals surface area contributed by atoms with Gasteiger partial charge >= 0.3 is 47.4 Å². The third-order valence-corrected chi connectivity index (χ3v) is 25.4. The minimum Gasteiger partial charge on any atom is -0.408 e. The van der Waals surface area contributed by atoms with E-state index in [1.54, 1.807) is 0 Å². The zero-order valence-electron chi connectivity index (χ0n) is 25.8. The highest BCUT2D eigenvalue weighted by molar-refractivity contribution is 7.38. The lowest BCUT2D eigenvalue weighted by molar-refractivity contribution is -0.407. The molecule has 6 unspecified atom stereocenters. The Balaban J connectivity index is 4.13. The van der Waals surface area contributed by atoms with E-state index in [1.807, 2.05) is 0 Å². The highest BCUT2D eigenvalue weighted by Gasteiger charge is 2.90. The van der Waals surface area contributed by atoms with Crippen molar-refractivity contribution in [1.82, 2.24) is 0 Å². The van der Waals surface area contributed by atoms with Crippen LogP contribution in [0.25, 0.3) is 0 Å². The minimum absolute atomic E-state index is 0.545. The number of halogens is 26. The number of rotatable bonds is 16. The summed E-state index contributed by atoms with van der Waals surface area (Å²) in [5.41, 5.74) is -5.73. The Kier molecular flexibility index (Phi) is 13.0. The third kappa shape index (κ3) is 6.86. The Hall–Kier alpha value is -1.43. The summed E-state index contributed by atoms with van der Waals surface area (Å²) in [6, 6.07) is -1.32. The molecule has 0 aromatic rings. The van der Waals surface area contributed by atoms with Crippen LogP contribution in [-0.2, 0) is 4.43 Å². The summed E-state index contributed by atoms with van der Waals surface area (Å²) in [5, 5.41) is 0. The molecule has 0 radical (unpaired) electrons. The fourth-order valence-electron chi connectivity index (χ4n) is 4.73. The van der Waals surface area contributed by atoms with Crippen LogP contribution in [0.4, 0.5) is 114 Å². The first-order valence-electron chi connectivity index (χ1n) is 13.6. The summed E-state index contributed by atoms with van der Waals surface area (Å²) in [6.45, 7) is 3.12. The summed E-state index contributed by atoms with van der Waals surface area (Å²) in [7, 11) is -8.23. The molecule has 29 heteroatoms. The predicted molar refractivity (Wildman–Crippen MR) is 129 cm³/mol. The molecule has 1 heterocycles. The van der Waals surface area contributed by atoms with Gasteiger partial charge in [-0.3, -0.25) is 0 Å². The van der Waals surface area contributed by atoms with E-state index in [-0.39, 0.29) is 0 Å². The molecule has 1 aliphatic rings. The smallest absolute Gasteiger partial charge is 0.381 e. The molecule has 312 valence electrons. The van der Waals surface area contributed by atoms with Gasteiger partial charge in [-0.1, -0.05) is 19.1 Å². The summed E-state index contributed by atoms with van der Waals surface area (Å²) < 4.78 is 370. The Morgan fingerprint density at radius 3 is 0.923 bits per heavy atom. The average Bonchev–Trinajstić information content (AvgIpc) is 2.99. The third-order valence-electron chi connectivity index (χ3n) is 8.91. The summed E-state index contributed by atoms with van der Waals surface area (Å²) in [4.78, 5) is 0. The maximum Gasteiger partial charge on any atom is 0.381 e. The fraction of sp³-hybridized carbons (Fsp3) is 1.00. The van der Waals surface area contributed by atoms with E-state index in [0.29, 0.717) is 13.1 Å². The van der Waals surface area contributed by atoms with E-state index in [0.717, 1.165) is 13.1 Å². The normalized spacial score (nSPS) is 25.2. The summed E-state index contributed by atoms with van der Waals surface area (Å²) >= 11 is 0. The molecule has 6 atom stereocenters. The fourth-order valence-corrected chi connectivity index (χ4v) is 11.5. The molecule has 1 nitrogen and oxygen atoms in total. The second kappa shape index (κ2) is 13.9. The maximum absolute atomic E-state index is 15.7. The van der Waals surface area contributed by atoms with Crippen LogP contribution in [0.5, 0.6) is 0 Å². The molecule has 1 aliphatic heterocycles. The van der Waals surface area contributed by atoms with Crippen LogP contribution >= 0.6 is 0 Å².